The second-order valence-corrected chi connectivity index (χ2v) is 14.4. The summed E-state index contributed by atoms with van der Waals surface area (Å²) >= 11 is 50.5. The Balaban J connectivity index is 1.37. The van der Waals surface area contributed by atoms with E-state index in [-0.39, 0.29) is 47.9 Å². The van der Waals surface area contributed by atoms with Gasteiger partial charge in [0.25, 0.3) is 23.6 Å². The van der Waals surface area contributed by atoms with Crippen LogP contribution in [0, 0.1) is 0 Å². The molecule has 0 spiro atoms. The normalized spacial score (nSPS) is 16.3. The summed E-state index contributed by atoms with van der Waals surface area (Å²) in [5.74, 6) is -2.74. The molecular formula is C24H16Cl8N2O5. The number of hydrogen-bond donors (Lipinski definition) is 0. The van der Waals surface area contributed by atoms with E-state index in [1.54, 1.807) is 24.3 Å². The van der Waals surface area contributed by atoms with E-state index >= 15 is 0 Å². The van der Waals surface area contributed by atoms with Gasteiger partial charge in [-0.25, -0.2) is 9.80 Å². The maximum Gasteiger partial charge on any atom is 0.264 e. The number of fused-ring (bicyclic) bond motifs is 2. The number of rotatable bonds is 10. The number of nitrogens with zero attached hydrogens (tertiary/aromatic N) is 2. The van der Waals surface area contributed by atoms with Gasteiger partial charge < -0.3 is 4.74 Å². The zero-order valence-electron chi connectivity index (χ0n) is 19.4. The Hall–Kier alpha value is -1.00. The van der Waals surface area contributed by atoms with Gasteiger partial charge in [0.1, 0.15) is 0 Å². The number of halogens is 8. The van der Waals surface area contributed by atoms with E-state index in [1.807, 2.05) is 0 Å². The highest BCUT2D eigenvalue weighted by atomic mass is 35.5. The van der Waals surface area contributed by atoms with Crippen molar-refractivity contribution in [2.24, 2.45) is 0 Å². The van der Waals surface area contributed by atoms with Gasteiger partial charge >= 0.3 is 0 Å². The van der Waals surface area contributed by atoms with E-state index in [0.29, 0.717) is 9.80 Å². The molecule has 0 N–H and O–H groups in total. The van der Waals surface area contributed by atoms with Gasteiger partial charge in [0.2, 0.25) is 9.04 Å². The Bertz CT molecular complexity index is 1190. The summed E-state index contributed by atoms with van der Waals surface area (Å²) in [6.07, 6.45) is -1.35. The van der Waals surface area contributed by atoms with Crippen LogP contribution in [-0.2, 0) is 4.74 Å². The van der Waals surface area contributed by atoms with Crippen LogP contribution in [0.15, 0.2) is 48.5 Å². The summed E-state index contributed by atoms with van der Waals surface area (Å²) in [5.41, 5.74) is 0.599. The molecule has 2 aromatic carbocycles. The molecule has 0 fully saturated rings. The fourth-order valence-electron chi connectivity index (χ4n) is 4.11. The Morgan fingerprint density at radius 1 is 0.487 bits per heavy atom. The first-order valence-electron chi connectivity index (χ1n) is 11.1. The minimum atomic E-state index is -2.12. The molecule has 4 rings (SSSR count). The Labute approximate surface area is 263 Å². The zero-order valence-corrected chi connectivity index (χ0v) is 25.5. The maximum atomic E-state index is 12.7. The average molecular weight is 696 g/mol. The predicted octanol–water partition coefficient (Wildman–Crippen LogP) is 7.68. The quantitative estimate of drug-likeness (QED) is 0.145. The average Bonchev–Trinajstić information content (AvgIpc) is 3.27. The molecule has 2 aliphatic rings. The van der Waals surface area contributed by atoms with Crippen molar-refractivity contribution in [3.8, 4) is 0 Å². The zero-order chi connectivity index (χ0) is 29.0. The minimum absolute atomic E-state index is 0.150. The van der Waals surface area contributed by atoms with E-state index < -0.39 is 41.6 Å². The molecular weight excluding hydrogens is 680 g/mol. The van der Waals surface area contributed by atoms with Crippen molar-refractivity contribution in [2.75, 3.05) is 0 Å². The van der Waals surface area contributed by atoms with Crippen LogP contribution in [0.1, 0.15) is 67.1 Å². The number of carbonyl (C=O) groups excluding carboxylic acids is 4. The molecule has 0 aromatic heterocycles. The molecule has 0 saturated heterocycles. The Morgan fingerprint density at radius 2 is 0.744 bits per heavy atom. The van der Waals surface area contributed by atoms with Crippen molar-refractivity contribution in [1.29, 1.82) is 0 Å². The molecule has 0 radical (unpaired) electrons. The molecule has 208 valence electrons. The first-order valence-corrected chi connectivity index (χ1v) is 14.2. The molecule has 2 aliphatic heterocycles. The second-order valence-electron chi connectivity index (χ2n) is 8.69. The van der Waals surface area contributed by atoms with Crippen LogP contribution in [0.25, 0.3) is 0 Å². The summed E-state index contributed by atoms with van der Waals surface area (Å²) < 4.78 is -2.90. The van der Waals surface area contributed by atoms with Crippen LogP contribution < -0.4 is 0 Å². The lowest BCUT2D eigenvalue weighted by molar-refractivity contribution is 0.0105. The number of imide groups is 2. The monoisotopic (exact) mass is 692 g/mol. The minimum Gasteiger partial charge on any atom is -0.310 e. The summed E-state index contributed by atoms with van der Waals surface area (Å²) in [5, 5.41) is 0. The third-order valence-corrected chi connectivity index (χ3v) is 8.47. The highest BCUT2D eigenvalue weighted by Crippen LogP contribution is 2.47. The molecule has 39 heavy (non-hydrogen) atoms. The third kappa shape index (κ3) is 6.27. The molecule has 0 unspecified atom stereocenters. The highest BCUT2D eigenvalue weighted by Gasteiger charge is 2.51. The standard InChI is InChI=1S/C24H16Cl8N2O5/c25-21(26,33-17(35)13-5-1-2-6-14(13)18(33)36)9-11-23(29,30)39-24(31,32)12-10-22(27,28)34-19(37)15-7-3-4-8-16(15)20(34)38/h1-8H,9-12H2. The number of alkyl halides is 8. The molecule has 2 heterocycles. The van der Waals surface area contributed by atoms with E-state index in [2.05, 4.69) is 0 Å². The largest absolute Gasteiger partial charge is 0.310 e. The van der Waals surface area contributed by atoms with E-state index in [4.69, 9.17) is 97.5 Å². The van der Waals surface area contributed by atoms with Gasteiger partial charge in [0.15, 0.2) is 8.91 Å². The van der Waals surface area contributed by atoms with Crippen molar-refractivity contribution in [1.82, 2.24) is 9.80 Å². The third-order valence-electron chi connectivity index (χ3n) is 5.97. The van der Waals surface area contributed by atoms with Gasteiger partial charge in [-0.3, -0.25) is 19.2 Å². The lowest BCUT2D eigenvalue weighted by Gasteiger charge is -2.35. The topological polar surface area (TPSA) is 84.0 Å². The molecule has 0 atom stereocenters. The SMILES string of the molecule is O=C1c2ccccc2C(=O)N1C(Cl)(Cl)CCC(Cl)(Cl)OC(Cl)(Cl)CCC(Cl)(Cl)N1C(=O)c2ccccc2C1=O. The smallest absolute Gasteiger partial charge is 0.264 e. The van der Waals surface area contributed by atoms with Crippen LogP contribution in [-0.4, -0.2) is 51.4 Å². The van der Waals surface area contributed by atoms with Crippen LogP contribution >= 0.6 is 92.8 Å². The Kier molecular flexibility index (Phi) is 8.74. The summed E-state index contributed by atoms with van der Waals surface area (Å²) in [4.78, 5) is 52.3. The summed E-state index contributed by atoms with van der Waals surface area (Å²) in [6, 6.07) is 12.3. The fourth-order valence-corrected chi connectivity index (χ4v) is 6.16. The number of ether oxygens (including phenoxy) is 1. The summed E-state index contributed by atoms with van der Waals surface area (Å²) in [6.45, 7) is 0. The molecule has 0 saturated carbocycles. The maximum absolute atomic E-state index is 12.7. The van der Waals surface area contributed by atoms with Gasteiger partial charge in [-0.1, -0.05) is 117 Å². The fraction of sp³-hybridized carbons (Fsp3) is 0.333. The molecule has 4 amide bonds. The van der Waals surface area contributed by atoms with Crippen LogP contribution in [0.3, 0.4) is 0 Å². The van der Waals surface area contributed by atoms with Gasteiger partial charge in [0.05, 0.1) is 22.3 Å². The molecule has 0 bridgehead atoms. The van der Waals surface area contributed by atoms with E-state index in [0.717, 1.165) is 0 Å². The number of carbonyl (C=O) groups is 4. The first kappa shape index (κ1) is 30.9. The Morgan fingerprint density at radius 3 is 1.00 bits per heavy atom. The van der Waals surface area contributed by atoms with Crippen LogP contribution in [0.2, 0.25) is 0 Å². The number of benzene rings is 2. The van der Waals surface area contributed by atoms with Crippen LogP contribution in [0.5, 0.6) is 0 Å². The number of hydrogen-bond acceptors (Lipinski definition) is 5. The molecule has 15 heteroatoms. The van der Waals surface area contributed by atoms with Crippen molar-refractivity contribution in [3.05, 3.63) is 70.8 Å². The molecule has 2 aromatic rings. The van der Waals surface area contributed by atoms with Gasteiger partial charge in [0, 0.05) is 25.7 Å². The van der Waals surface area contributed by atoms with Crippen molar-refractivity contribution in [2.45, 2.75) is 43.6 Å². The molecule has 7 nitrogen and oxygen atoms in total. The van der Waals surface area contributed by atoms with Crippen LogP contribution in [0.4, 0.5) is 0 Å². The lowest BCUT2D eigenvalue weighted by Crippen LogP contribution is -2.45. The van der Waals surface area contributed by atoms with E-state index in [9.17, 15) is 19.2 Å². The molecule has 0 aliphatic carbocycles. The highest BCUT2D eigenvalue weighted by molar-refractivity contribution is 6.53. The van der Waals surface area contributed by atoms with Gasteiger partial charge in [-0.2, -0.15) is 0 Å². The lowest BCUT2D eigenvalue weighted by atomic mass is 10.1. The van der Waals surface area contributed by atoms with Crippen molar-refractivity contribution in [3.63, 3.8) is 0 Å². The first-order chi connectivity index (χ1) is 18.0. The number of amides is 4. The van der Waals surface area contributed by atoms with E-state index in [1.165, 1.54) is 24.3 Å². The van der Waals surface area contributed by atoms with Crippen molar-refractivity contribution >= 4 is 116 Å². The second kappa shape index (κ2) is 11.0. The predicted molar refractivity (Wildman–Crippen MR) is 151 cm³/mol. The van der Waals surface area contributed by atoms with Gasteiger partial charge in [-0.15, -0.1) is 0 Å². The summed E-state index contributed by atoms with van der Waals surface area (Å²) in [7, 11) is 0. The van der Waals surface area contributed by atoms with Crippen molar-refractivity contribution < 1.29 is 23.9 Å². The van der Waals surface area contributed by atoms with Gasteiger partial charge in [-0.05, 0) is 24.3 Å².